The number of piperazine rings is 1. The zero-order chi connectivity index (χ0) is 42.3. The van der Waals surface area contributed by atoms with E-state index < -0.39 is 0 Å². The highest BCUT2D eigenvalue weighted by atomic mass is 16.5. The van der Waals surface area contributed by atoms with Gasteiger partial charge in [0.2, 0.25) is 17.7 Å². The molecule has 6 aliphatic heterocycles. The number of benzene rings is 3. The van der Waals surface area contributed by atoms with Gasteiger partial charge in [0.1, 0.15) is 23.6 Å². The third-order valence-electron chi connectivity index (χ3n) is 14.0. The maximum Gasteiger partial charge on any atom is 0.249 e. The molecule has 324 valence electrons. The monoisotopic (exact) mass is 840 g/mol. The largest absolute Gasteiger partial charge is 0.507 e. The first-order chi connectivity index (χ1) is 30.3. The fourth-order valence-electron chi connectivity index (χ4n) is 10.9. The number of aromatic hydroxyl groups is 1. The van der Waals surface area contributed by atoms with Crippen LogP contribution in [0.3, 0.4) is 0 Å². The van der Waals surface area contributed by atoms with Crippen LogP contribution in [-0.2, 0) is 14.4 Å². The maximum atomic E-state index is 13.6. The van der Waals surface area contributed by atoms with Crippen LogP contribution in [0.5, 0.6) is 11.5 Å². The predicted octanol–water partition coefficient (Wildman–Crippen LogP) is 4.26. The number of aromatic nitrogens is 2. The van der Waals surface area contributed by atoms with E-state index in [0.717, 1.165) is 101 Å². The second-order valence-corrected chi connectivity index (χ2v) is 17.8. The van der Waals surface area contributed by atoms with Crippen molar-refractivity contribution in [2.24, 2.45) is 0 Å². The summed E-state index contributed by atoms with van der Waals surface area (Å²) in [6.07, 6.45) is 6.69. The van der Waals surface area contributed by atoms with Crippen LogP contribution in [0.2, 0.25) is 0 Å². The van der Waals surface area contributed by atoms with Crippen LogP contribution in [0.4, 0.5) is 28.6 Å². The summed E-state index contributed by atoms with van der Waals surface area (Å²) >= 11 is 0. The number of imide groups is 1. The Bertz CT molecular complexity index is 2300. The number of phenols is 1. The molecule has 3 aromatic carbocycles. The van der Waals surface area contributed by atoms with Gasteiger partial charge in [0.05, 0.1) is 29.3 Å². The van der Waals surface area contributed by atoms with E-state index in [1.165, 1.54) is 5.69 Å². The highest BCUT2D eigenvalue weighted by molar-refractivity contribution is 6.02. The number of nitrogens with one attached hydrogen (secondary N) is 1. The van der Waals surface area contributed by atoms with Gasteiger partial charge in [-0.1, -0.05) is 30.3 Å². The van der Waals surface area contributed by atoms with Gasteiger partial charge in [-0.25, -0.2) is 0 Å². The average molecular weight is 841 g/mol. The Kier molecular flexibility index (Phi) is 11.0. The molecule has 10 rings (SSSR count). The molecule has 0 radical (unpaired) electrons. The number of fused-ring (bicyclic) bond motifs is 3. The predicted molar refractivity (Wildman–Crippen MR) is 238 cm³/mol. The molecule has 2 bridgehead atoms. The number of ether oxygens (including phenoxy) is 1. The van der Waals surface area contributed by atoms with Crippen molar-refractivity contribution in [2.75, 3.05) is 84.2 Å². The number of nitrogen functional groups attached to an aromatic ring is 1. The van der Waals surface area contributed by atoms with Crippen LogP contribution in [0, 0.1) is 0 Å². The highest BCUT2D eigenvalue weighted by Gasteiger charge is 2.42. The molecule has 5 saturated heterocycles. The van der Waals surface area contributed by atoms with E-state index in [-0.39, 0.29) is 35.6 Å². The lowest BCUT2D eigenvalue weighted by Gasteiger charge is -2.47. The van der Waals surface area contributed by atoms with E-state index in [1.54, 1.807) is 12.1 Å². The van der Waals surface area contributed by atoms with Crippen molar-refractivity contribution in [1.82, 2.24) is 25.3 Å². The normalized spacial score (nSPS) is 23.7. The van der Waals surface area contributed by atoms with Crippen molar-refractivity contribution < 1.29 is 24.2 Å². The zero-order valence-corrected chi connectivity index (χ0v) is 35.1. The number of nitrogens with zero attached hydrogens (tertiary/aromatic N) is 8. The number of anilines is 5. The molecular weight excluding hydrogens is 785 g/mol. The Balaban J connectivity index is 0.696. The average Bonchev–Trinajstić information content (AvgIpc) is 3.56. The van der Waals surface area contributed by atoms with Gasteiger partial charge in [-0.15, -0.1) is 10.2 Å². The van der Waals surface area contributed by atoms with E-state index in [9.17, 15) is 19.5 Å². The number of para-hydroxylation sites is 3. The van der Waals surface area contributed by atoms with Crippen molar-refractivity contribution in [2.45, 2.75) is 81.6 Å². The first-order valence-electron chi connectivity index (χ1n) is 22.4. The number of carbonyl (C=O) groups excluding carboxylic acids is 3. The molecule has 4 aromatic rings. The number of hydrogen-bond acceptors (Lipinski definition) is 13. The van der Waals surface area contributed by atoms with Crippen molar-refractivity contribution >= 4 is 46.3 Å². The molecule has 0 aliphatic carbocycles. The van der Waals surface area contributed by atoms with Crippen LogP contribution >= 0.6 is 0 Å². The molecule has 0 saturated carbocycles. The first-order valence-corrected chi connectivity index (χ1v) is 22.4. The second-order valence-electron chi connectivity index (χ2n) is 17.8. The van der Waals surface area contributed by atoms with E-state index in [0.29, 0.717) is 67.7 Å². The van der Waals surface area contributed by atoms with Gasteiger partial charge >= 0.3 is 0 Å². The Morgan fingerprint density at radius 2 is 1.45 bits per heavy atom. The summed E-state index contributed by atoms with van der Waals surface area (Å²) in [6, 6.07) is 26.6. The van der Waals surface area contributed by atoms with Gasteiger partial charge < -0.3 is 40.1 Å². The fraction of sp³-hybridized carbons (Fsp3) is 0.468. The molecule has 15 heteroatoms. The maximum absolute atomic E-state index is 13.6. The van der Waals surface area contributed by atoms with E-state index >= 15 is 0 Å². The van der Waals surface area contributed by atoms with Crippen molar-refractivity contribution in [3.05, 3.63) is 78.9 Å². The lowest BCUT2D eigenvalue weighted by atomic mass is 9.98. The molecule has 5 fully saturated rings. The smallest absolute Gasteiger partial charge is 0.249 e. The SMILES string of the molecule is Nc1nnc(-c2ccccc2O)cc1N1C[C@H]2CC[C@@H](C1)N2c1cccc(OC2CCN(C(=O)CN3CCC(N4CCN(C5CCC(=O)NC5=O)c5ccccc54)CC3)CC2)c1. The minimum absolute atomic E-state index is 0.0531. The number of piperidine rings is 3. The first kappa shape index (κ1) is 40.0. The second kappa shape index (κ2) is 17.0. The molecule has 7 heterocycles. The zero-order valence-electron chi connectivity index (χ0n) is 35.1. The summed E-state index contributed by atoms with van der Waals surface area (Å²) in [5.41, 5.74) is 11.8. The lowest BCUT2D eigenvalue weighted by Crippen LogP contribution is -2.57. The number of phenolic OH excluding ortho intramolecular Hbond substituents is 1. The summed E-state index contributed by atoms with van der Waals surface area (Å²) in [4.78, 5) is 52.0. The summed E-state index contributed by atoms with van der Waals surface area (Å²) in [5.74, 6) is 1.23. The number of hydrogen-bond donors (Lipinski definition) is 3. The van der Waals surface area contributed by atoms with Crippen LogP contribution in [0.1, 0.15) is 51.4 Å². The van der Waals surface area contributed by atoms with Gasteiger partial charge in [0, 0.05) is 107 Å². The lowest BCUT2D eigenvalue weighted by molar-refractivity contribution is -0.135. The van der Waals surface area contributed by atoms with Crippen LogP contribution in [0.25, 0.3) is 11.3 Å². The number of nitrogens with two attached hydrogens (primary N) is 1. The van der Waals surface area contributed by atoms with E-state index in [1.807, 2.05) is 35.2 Å². The van der Waals surface area contributed by atoms with Gasteiger partial charge in [-0.05, 0) is 74.6 Å². The Morgan fingerprint density at radius 1 is 0.742 bits per heavy atom. The molecule has 6 aliphatic rings. The molecule has 0 spiro atoms. The number of rotatable bonds is 9. The van der Waals surface area contributed by atoms with Gasteiger partial charge in [0.25, 0.3) is 0 Å². The molecule has 3 atom stereocenters. The van der Waals surface area contributed by atoms with Crippen LogP contribution < -0.4 is 35.4 Å². The Hall–Kier alpha value is -6.09. The van der Waals surface area contributed by atoms with Crippen LogP contribution in [-0.4, -0.2) is 132 Å². The topological polar surface area (TPSA) is 164 Å². The fourth-order valence-corrected chi connectivity index (χ4v) is 10.9. The molecule has 3 amide bonds. The summed E-state index contributed by atoms with van der Waals surface area (Å²) in [5, 5.41) is 21.5. The Morgan fingerprint density at radius 3 is 2.19 bits per heavy atom. The number of likely N-dealkylation sites (tertiary alicyclic amines) is 2. The molecule has 1 aromatic heterocycles. The molecule has 62 heavy (non-hydrogen) atoms. The highest BCUT2D eigenvalue weighted by Crippen LogP contribution is 2.41. The number of carbonyl (C=O) groups is 3. The van der Waals surface area contributed by atoms with E-state index in [4.69, 9.17) is 10.5 Å². The minimum Gasteiger partial charge on any atom is -0.507 e. The number of amides is 3. The van der Waals surface area contributed by atoms with E-state index in [2.05, 4.69) is 76.4 Å². The van der Waals surface area contributed by atoms with Gasteiger partial charge in [0.15, 0.2) is 5.82 Å². The molecule has 1 unspecified atom stereocenters. The quantitative estimate of drug-likeness (QED) is 0.205. The third kappa shape index (κ3) is 7.94. The van der Waals surface area contributed by atoms with Crippen LogP contribution in [0.15, 0.2) is 78.9 Å². The van der Waals surface area contributed by atoms with Gasteiger partial charge in [-0.3, -0.25) is 24.6 Å². The molecular formula is C47H56N10O5. The van der Waals surface area contributed by atoms with Gasteiger partial charge in [-0.2, -0.15) is 0 Å². The molecule has 4 N–H and O–H groups in total. The standard InChI is InChI=1S/C47H56N10O5/c48-46-42(27-38(50-51-46)37-8-1-4-11-43(37)58)54-28-33-12-13-34(29-54)57(33)32-6-5-7-36(26-32)62-35-18-22-53(23-19-35)45(60)30-52-20-16-31(17-21-52)55-24-25-56(40-10-3-2-9-39(40)55)41-14-15-44(59)49-47(41)61/h1-11,26-27,31,33-35,41,58H,12-25,28-30H2,(H2,48,51)(H,49,59,61)/t33-,34+,41?. The van der Waals surface area contributed by atoms with Crippen molar-refractivity contribution in [3.63, 3.8) is 0 Å². The summed E-state index contributed by atoms with van der Waals surface area (Å²) in [7, 11) is 0. The molecule has 15 nitrogen and oxygen atoms in total. The minimum atomic E-state index is -0.326. The third-order valence-corrected chi connectivity index (χ3v) is 14.0. The summed E-state index contributed by atoms with van der Waals surface area (Å²) in [6.45, 7) is 6.74. The summed E-state index contributed by atoms with van der Waals surface area (Å²) < 4.78 is 6.59. The van der Waals surface area contributed by atoms with Crippen molar-refractivity contribution in [1.29, 1.82) is 0 Å². The Labute approximate surface area is 362 Å². The van der Waals surface area contributed by atoms with Crippen molar-refractivity contribution in [3.8, 4) is 22.8 Å².